The minimum atomic E-state index is -0.622. The molecule has 0 atom stereocenters. The van der Waals surface area contributed by atoms with Gasteiger partial charge in [-0.25, -0.2) is 9.59 Å². The molecule has 0 aliphatic rings. The van der Waals surface area contributed by atoms with Crippen molar-refractivity contribution in [2.24, 2.45) is 0 Å². The topological polar surface area (TPSA) is 110 Å². The maximum atomic E-state index is 13.1. The first kappa shape index (κ1) is 27.4. The van der Waals surface area contributed by atoms with Crippen molar-refractivity contribution in [1.29, 1.82) is 5.26 Å². The number of anilines is 1. The van der Waals surface area contributed by atoms with E-state index in [9.17, 15) is 19.6 Å². The number of hydrogen-bond acceptors (Lipinski definition) is 7. The van der Waals surface area contributed by atoms with Crippen LogP contribution < -0.4 is 5.32 Å². The van der Waals surface area contributed by atoms with E-state index in [0.29, 0.717) is 21.7 Å². The number of thiophene rings is 1. The Labute approximate surface area is 220 Å². The van der Waals surface area contributed by atoms with Gasteiger partial charge in [-0.15, -0.1) is 11.3 Å². The number of aryl methyl sites for hydroxylation is 2. The molecule has 3 aromatic rings. The average molecular weight is 520 g/mol. The Kier molecular flexibility index (Phi) is 8.35. The molecule has 192 valence electrons. The summed E-state index contributed by atoms with van der Waals surface area (Å²) in [6.07, 6.45) is 1.52. The number of ether oxygens (including phenoxy) is 2. The van der Waals surface area contributed by atoms with Crippen molar-refractivity contribution in [1.82, 2.24) is 4.57 Å². The second kappa shape index (κ2) is 11.3. The van der Waals surface area contributed by atoms with E-state index in [1.54, 1.807) is 26.0 Å². The second-order valence-electron chi connectivity index (χ2n) is 8.43. The van der Waals surface area contributed by atoms with Gasteiger partial charge in [-0.1, -0.05) is 6.07 Å². The zero-order valence-corrected chi connectivity index (χ0v) is 22.8. The average Bonchev–Trinajstić information content (AvgIpc) is 3.30. The van der Waals surface area contributed by atoms with Crippen LogP contribution in [0.5, 0.6) is 0 Å². The van der Waals surface area contributed by atoms with Gasteiger partial charge in [-0.05, 0) is 82.5 Å². The largest absolute Gasteiger partial charge is 0.465 e. The minimum Gasteiger partial charge on any atom is -0.465 e. The van der Waals surface area contributed by atoms with Gasteiger partial charge in [0.15, 0.2) is 0 Å². The van der Waals surface area contributed by atoms with Crippen molar-refractivity contribution in [2.45, 2.75) is 41.5 Å². The van der Waals surface area contributed by atoms with Crippen LogP contribution in [-0.4, -0.2) is 36.1 Å². The first-order valence-corrected chi connectivity index (χ1v) is 12.4. The van der Waals surface area contributed by atoms with E-state index in [4.69, 9.17) is 9.47 Å². The number of amides is 1. The van der Waals surface area contributed by atoms with Crippen LogP contribution in [0.15, 0.2) is 29.8 Å². The number of nitrogens with zero attached hydrogens (tertiary/aromatic N) is 2. The van der Waals surface area contributed by atoms with Gasteiger partial charge in [0.25, 0.3) is 5.91 Å². The highest BCUT2D eigenvalue weighted by atomic mass is 32.1. The summed E-state index contributed by atoms with van der Waals surface area (Å²) >= 11 is 1.26. The summed E-state index contributed by atoms with van der Waals surface area (Å²) in [5, 5.41) is 12.9. The summed E-state index contributed by atoms with van der Waals surface area (Å²) < 4.78 is 12.0. The molecule has 1 aromatic carbocycles. The maximum Gasteiger partial charge on any atom is 0.341 e. The number of rotatable bonds is 7. The van der Waals surface area contributed by atoms with Crippen molar-refractivity contribution >= 4 is 40.3 Å². The van der Waals surface area contributed by atoms with Gasteiger partial charge in [0.05, 0.1) is 24.8 Å². The van der Waals surface area contributed by atoms with Gasteiger partial charge >= 0.3 is 11.9 Å². The molecule has 0 fully saturated rings. The molecule has 0 radical (unpaired) electrons. The lowest BCUT2D eigenvalue weighted by Gasteiger charge is -2.15. The number of carbonyl (C=O) groups excluding carboxylic acids is 3. The molecule has 0 aliphatic heterocycles. The van der Waals surface area contributed by atoms with Crippen LogP contribution in [0, 0.1) is 45.9 Å². The lowest BCUT2D eigenvalue weighted by atomic mass is 10.1. The molecular formula is C28H29N3O5S. The van der Waals surface area contributed by atoms with Crippen molar-refractivity contribution < 1.29 is 23.9 Å². The van der Waals surface area contributed by atoms with Crippen LogP contribution >= 0.6 is 11.3 Å². The molecule has 0 aliphatic carbocycles. The highest BCUT2D eigenvalue weighted by Gasteiger charge is 2.24. The Morgan fingerprint density at radius 1 is 1.11 bits per heavy atom. The van der Waals surface area contributed by atoms with Crippen molar-refractivity contribution in [2.75, 3.05) is 19.0 Å². The third kappa shape index (κ3) is 5.34. The standard InChI is InChI=1S/C28H29N3O5S/c1-8-36-28(34)24-16(3)19(6)37-26(24)30-25(32)21(14-29)13-20-12-15(2)31(18(20)5)23-11-9-10-22(17(23)4)27(33)35-7/h9-13H,8H2,1-7H3,(H,30,32)/b21-13-. The van der Waals surface area contributed by atoms with Gasteiger partial charge in [0, 0.05) is 22.0 Å². The van der Waals surface area contributed by atoms with Gasteiger partial charge in [-0.3, -0.25) is 4.79 Å². The molecule has 0 saturated heterocycles. The van der Waals surface area contributed by atoms with Crippen LogP contribution in [0.4, 0.5) is 5.00 Å². The Morgan fingerprint density at radius 3 is 2.43 bits per heavy atom. The highest BCUT2D eigenvalue weighted by molar-refractivity contribution is 7.16. The Morgan fingerprint density at radius 2 is 1.81 bits per heavy atom. The SMILES string of the molecule is CCOC(=O)c1c(NC(=O)/C(C#N)=C\c2cc(C)n(-c3cccc(C(=O)OC)c3C)c2C)sc(C)c1C. The van der Waals surface area contributed by atoms with Crippen molar-refractivity contribution in [3.05, 3.63) is 73.9 Å². The third-order valence-electron chi connectivity index (χ3n) is 6.18. The fourth-order valence-electron chi connectivity index (χ4n) is 4.14. The molecule has 3 rings (SSSR count). The van der Waals surface area contributed by atoms with E-state index in [1.165, 1.54) is 24.5 Å². The molecule has 2 heterocycles. The molecule has 8 nitrogen and oxygen atoms in total. The first-order chi connectivity index (χ1) is 17.5. The van der Waals surface area contributed by atoms with E-state index in [-0.39, 0.29) is 12.2 Å². The monoisotopic (exact) mass is 519 g/mol. The van der Waals surface area contributed by atoms with Crippen LogP contribution in [0.3, 0.4) is 0 Å². The number of methoxy groups -OCH3 is 1. The summed E-state index contributed by atoms with van der Waals surface area (Å²) in [5.74, 6) is -1.56. The fourth-order valence-corrected chi connectivity index (χ4v) is 5.18. The van der Waals surface area contributed by atoms with E-state index >= 15 is 0 Å². The number of benzene rings is 1. The number of hydrogen-bond donors (Lipinski definition) is 1. The Balaban J connectivity index is 2.00. The Hall–Kier alpha value is -4.16. The molecule has 0 saturated carbocycles. The van der Waals surface area contributed by atoms with Gasteiger partial charge in [-0.2, -0.15) is 5.26 Å². The quantitative estimate of drug-likeness (QED) is 0.248. The first-order valence-electron chi connectivity index (χ1n) is 11.6. The molecule has 1 N–H and O–H groups in total. The summed E-state index contributed by atoms with van der Waals surface area (Å²) in [6, 6.07) is 9.22. The van der Waals surface area contributed by atoms with Crippen LogP contribution in [0.2, 0.25) is 0 Å². The zero-order chi connectivity index (χ0) is 27.4. The molecule has 0 spiro atoms. The predicted molar refractivity (Wildman–Crippen MR) is 143 cm³/mol. The number of nitriles is 1. The summed E-state index contributed by atoms with van der Waals surface area (Å²) in [6.45, 7) is 11.2. The predicted octanol–water partition coefficient (Wildman–Crippen LogP) is 5.59. The van der Waals surface area contributed by atoms with Gasteiger partial charge in [0.1, 0.15) is 16.6 Å². The van der Waals surface area contributed by atoms with Crippen molar-refractivity contribution in [3.8, 4) is 11.8 Å². The summed E-state index contributed by atoms with van der Waals surface area (Å²) in [7, 11) is 1.34. The zero-order valence-electron chi connectivity index (χ0n) is 21.9. The number of carbonyl (C=O) groups is 3. The molecular weight excluding hydrogens is 490 g/mol. The molecule has 0 unspecified atom stereocenters. The molecule has 1 amide bonds. The lowest BCUT2D eigenvalue weighted by Crippen LogP contribution is -2.16. The Bertz CT molecular complexity index is 1470. The number of esters is 2. The molecule has 2 aromatic heterocycles. The number of nitrogens with one attached hydrogen (secondary N) is 1. The summed E-state index contributed by atoms with van der Waals surface area (Å²) in [4.78, 5) is 38.6. The smallest absolute Gasteiger partial charge is 0.341 e. The normalized spacial score (nSPS) is 11.1. The molecule has 37 heavy (non-hydrogen) atoms. The third-order valence-corrected chi connectivity index (χ3v) is 7.30. The fraction of sp³-hybridized carbons (Fsp3) is 0.286. The van der Waals surface area contributed by atoms with E-state index in [1.807, 2.05) is 50.5 Å². The molecule has 9 heteroatoms. The lowest BCUT2D eigenvalue weighted by molar-refractivity contribution is -0.112. The van der Waals surface area contributed by atoms with Crippen LogP contribution in [0.25, 0.3) is 11.8 Å². The summed E-state index contributed by atoms with van der Waals surface area (Å²) in [5.41, 5.74) is 5.25. The van der Waals surface area contributed by atoms with Crippen LogP contribution in [-0.2, 0) is 14.3 Å². The van der Waals surface area contributed by atoms with E-state index < -0.39 is 17.8 Å². The van der Waals surface area contributed by atoms with Crippen molar-refractivity contribution in [3.63, 3.8) is 0 Å². The minimum absolute atomic E-state index is 0.112. The second-order valence-corrected chi connectivity index (χ2v) is 9.66. The van der Waals surface area contributed by atoms with Gasteiger partial charge < -0.3 is 19.4 Å². The van der Waals surface area contributed by atoms with Gasteiger partial charge in [0.2, 0.25) is 0 Å². The molecule has 0 bridgehead atoms. The number of aromatic nitrogens is 1. The van der Waals surface area contributed by atoms with Crippen LogP contribution in [0.1, 0.15) is 60.6 Å². The van der Waals surface area contributed by atoms with E-state index in [0.717, 1.165) is 33.1 Å². The van der Waals surface area contributed by atoms with E-state index in [2.05, 4.69) is 5.32 Å². The maximum absolute atomic E-state index is 13.1. The highest BCUT2D eigenvalue weighted by Crippen LogP contribution is 2.33.